The van der Waals surface area contributed by atoms with Crippen molar-refractivity contribution in [2.75, 3.05) is 33.0 Å². The van der Waals surface area contributed by atoms with Gasteiger partial charge >= 0.3 is 0 Å². The van der Waals surface area contributed by atoms with E-state index in [-0.39, 0.29) is 19.1 Å². The van der Waals surface area contributed by atoms with Crippen molar-refractivity contribution in [2.45, 2.75) is 19.4 Å². The number of benzene rings is 1. The summed E-state index contributed by atoms with van der Waals surface area (Å²) >= 11 is 0. The molecular weight excluding hydrogens is 312 g/mol. The van der Waals surface area contributed by atoms with Crippen molar-refractivity contribution in [1.29, 1.82) is 0 Å². The highest BCUT2D eigenvalue weighted by Crippen LogP contribution is 2.15. The molecule has 1 aliphatic rings. The van der Waals surface area contributed by atoms with Gasteiger partial charge in [-0.2, -0.15) is 0 Å². The van der Waals surface area contributed by atoms with Crippen molar-refractivity contribution < 1.29 is 23.8 Å². The van der Waals surface area contributed by atoms with Crippen LogP contribution in [0.5, 0.6) is 5.75 Å². The van der Waals surface area contributed by atoms with Crippen LogP contribution < -0.4 is 15.8 Å². The second-order valence-electron chi connectivity index (χ2n) is 5.56. The summed E-state index contributed by atoms with van der Waals surface area (Å²) in [5.74, 6) is -0.450. The third-order valence-corrected chi connectivity index (χ3v) is 3.75. The average Bonchev–Trinajstić information content (AvgIpc) is 2.60. The summed E-state index contributed by atoms with van der Waals surface area (Å²) in [4.78, 5) is 23.7. The van der Waals surface area contributed by atoms with Crippen molar-refractivity contribution in [3.63, 3.8) is 0 Å². The molecule has 132 valence electrons. The quantitative estimate of drug-likeness (QED) is 0.709. The van der Waals surface area contributed by atoms with E-state index in [0.717, 1.165) is 11.3 Å². The van der Waals surface area contributed by atoms with Gasteiger partial charge in [0.15, 0.2) is 6.10 Å². The third-order valence-electron chi connectivity index (χ3n) is 3.75. The summed E-state index contributed by atoms with van der Waals surface area (Å²) in [5, 5.41) is 2.72. The molecule has 1 aromatic carbocycles. The number of hydrogen-bond donors (Lipinski definition) is 2. The molecule has 0 aromatic heterocycles. The lowest BCUT2D eigenvalue weighted by Crippen LogP contribution is -2.46. The largest absolute Gasteiger partial charge is 0.494 e. The minimum absolute atomic E-state index is 0.168. The Bertz CT molecular complexity index is 540. The van der Waals surface area contributed by atoms with Gasteiger partial charge in [0.25, 0.3) is 5.91 Å². The SMILES string of the molecule is CCOc1ccc(C[C@H](CNC(=O)[C@@H]2COCCO2)C(N)=O)cc1. The zero-order chi connectivity index (χ0) is 17.4. The molecule has 24 heavy (non-hydrogen) atoms. The van der Waals surface area contributed by atoms with E-state index in [2.05, 4.69) is 5.32 Å². The van der Waals surface area contributed by atoms with Crippen molar-refractivity contribution in [3.05, 3.63) is 29.8 Å². The van der Waals surface area contributed by atoms with Crippen LogP contribution in [-0.2, 0) is 25.5 Å². The van der Waals surface area contributed by atoms with Crippen molar-refractivity contribution in [3.8, 4) is 5.75 Å². The first-order valence-corrected chi connectivity index (χ1v) is 8.08. The molecule has 3 N–H and O–H groups in total. The van der Waals surface area contributed by atoms with Crippen LogP contribution in [0.15, 0.2) is 24.3 Å². The first kappa shape index (κ1) is 18.2. The Hall–Kier alpha value is -2.12. The van der Waals surface area contributed by atoms with Crippen LogP contribution in [0.25, 0.3) is 0 Å². The number of nitrogens with one attached hydrogen (secondary N) is 1. The van der Waals surface area contributed by atoms with Gasteiger partial charge in [-0.25, -0.2) is 0 Å². The summed E-state index contributed by atoms with van der Waals surface area (Å²) in [7, 11) is 0. The molecule has 2 amide bonds. The molecule has 2 atom stereocenters. The summed E-state index contributed by atoms with van der Waals surface area (Å²) in [6.07, 6.45) is -0.179. The predicted octanol–water partition coefficient (Wildman–Crippen LogP) is 0.261. The monoisotopic (exact) mass is 336 g/mol. The van der Waals surface area contributed by atoms with Gasteiger partial charge in [0.1, 0.15) is 5.75 Å². The van der Waals surface area contributed by atoms with E-state index in [0.29, 0.717) is 26.2 Å². The summed E-state index contributed by atoms with van der Waals surface area (Å²) < 4.78 is 15.9. The van der Waals surface area contributed by atoms with Crippen LogP contribution in [0.4, 0.5) is 0 Å². The molecule has 0 spiro atoms. The molecule has 0 saturated carbocycles. The Kier molecular flexibility index (Phi) is 7.02. The zero-order valence-electron chi connectivity index (χ0n) is 13.8. The number of amides is 2. The van der Waals surface area contributed by atoms with E-state index in [9.17, 15) is 9.59 Å². The topological polar surface area (TPSA) is 99.9 Å². The van der Waals surface area contributed by atoms with Crippen LogP contribution in [0.1, 0.15) is 12.5 Å². The van der Waals surface area contributed by atoms with Crippen LogP contribution >= 0.6 is 0 Å². The lowest BCUT2D eigenvalue weighted by atomic mass is 9.98. The maximum absolute atomic E-state index is 12.0. The van der Waals surface area contributed by atoms with Gasteiger partial charge < -0.3 is 25.3 Å². The van der Waals surface area contributed by atoms with Gasteiger partial charge in [0, 0.05) is 6.54 Å². The fourth-order valence-corrected chi connectivity index (χ4v) is 2.42. The van der Waals surface area contributed by atoms with Crippen molar-refractivity contribution >= 4 is 11.8 Å². The third kappa shape index (κ3) is 5.50. The van der Waals surface area contributed by atoms with Crippen molar-refractivity contribution in [1.82, 2.24) is 5.32 Å². The number of hydrogen-bond acceptors (Lipinski definition) is 5. The Morgan fingerprint density at radius 2 is 2.08 bits per heavy atom. The number of ether oxygens (including phenoxy) is 3. The van der Waals surface area contributed by atoms with E-state index < -0.39 is 17.9 Å². The molecule has 1 fully saturated rings. The number of nitrogens with two attached hydrogens (primary N) is 1. The smallest absolute Gasteiger partial charge is 0.251 e. The second kappa shape index (κ2) is 9.24. The predicted molar refractivity (Wildman–Crippen MR) is 87.6 cm³/mol. The van der Waals surface area contributed by atoms with E-state index in [1.807, 2.05) is 31.2 Å². The van der Waals surface area contributed by atoms with E-state index >= 15 is 0 Å². The van der Waals surface area contributed by atoms with Crippen LogP contribution in [-0.4, -0.2) is 50.9 Å². The van der Waals surface area contributed by atoms with Gasteiger partial charge in [-0.3, -0.25) is 9.59 Å². The number of carbonyl (C=O) groups is 2. The van der Waals surface area contributed by atoms with Gasteiger partial charge in [-0.1, -0.05) is 12.1 Å². The molecule has 1 aromatic rings. The van der Waals surface area contributed by atoms with Gasteiger partial charge in [-0.15, -0.1) is 0 Å². The summed E-state index contributed by atoms with van der Waals surface area (Å²) in [6.45, 7) is 3.80. The normalized spacial score (nSPS) is 18.6. The van der Waals surface area contributed by atoms with Crippen LogP contribution in [0.3, 0.4) is 0 Å². The lowest BCUT2D eigenvalue weighted by molar-refractivity contribution is -0.147. The second-order valence-corrected chi connectivity index (χ2v) is 5.56. The maximum Gasteiger partial charge on any atom is 0.251 e. The van der Waals surface area contributed by atoms with E-state index in [4.69, 9.17) is 19.9 Å². The highest BCUT2D eigenvalue weighted by atomic mass is 16.6. The molecule has 1 heterocycles. The highest BCUT2D eigenvalue weighted by molar-refractivity contribution is 5.82. The van der Waals surface area contributed by atoms with E-state index in [1.165, 1.54) is 0 Å². The van der Waals surface area contributed by atoms with Gasteiger partial charge in [0.05, 0.1) is 32.3 Å². The number of primary amides is 1. The van der Waals surface area contributed by atoms with Crippen LogP contribution in [0, 0.1) is 5.92 Å². The number of carbonyl (C=O) groups excluding carboxylic acids is 2. The van der Waals surface area contributed by atoms with Crippen LogP contribution in [0.2, 0.25) is 0 Å². The molecule has 0 aliphatic carbocycles. The Labute approximate surface area is 141 Å². The van der Waals surface area contributed by atoms with Gasteiger partial charge in [-0.05, 0) is 31.0 Å². The highest BCUT2D eigenvalue weighted by Gasteiger charge is 2.24. The first-order chi connectivity index (χ1) is 11.6. The molecular formula is C17H24N2O5. The molecule has 0 bridgehead atoms. The Balaban J connectivity index is 1.87. The van der Waals surface area contributed by atoms with E-state index in [1.54, 1.807) is 0 Å². The summed E-state index contributed by atoms with van der Waals surface area (Å²) in [5.41, 5.74) is 6.41. The fourth-order valence-electron chi connectivity index (χ4n) is 2.42. The fraction of sp³-hybridized carbons (Fsp3) is 0.529. The van der Waals surface area contributed by atoms with Crippen molar-refractivity contribution in [2.24, 2.45) is 11.7 Å². The molecule has 0 unspecified atom stereocenters. The average molecular weight is 336 g/mol. The molecule has 1 saturated heterocycles. The molecule has 7 nitrogen and oxygen atoms in total. The molecule has 7 heteroatoms. The minimum atomic E-state index is -0.627. The zero-order valence-corrected chi connectivity index (χ0v) is 13.8. The first-order valence-electron chi connectivity index (χ1n) is 8.08. The van der Waals surface area contributed by atoms with Gasteiger partial charge in [0.2, 0.25) is 5.91 Å². The molecule has 0 radical (unpaired) electrons. The molecule has 2 rings (SSSR count). The lowest BCUT2D eigenvalue weighted by Gasteiger charge is -2.23. The Morgan fingerprint density at radius 1 is 1.33 bits per heavy atom. The maximum atomic E-state index is 12.0. The Morgan fingerprint density at radius 3 is 2.67 bits per heavy atom. The molecule has 1 aliphatic heterocycles. The number of rotatable bonds is 8. The minimum Gasteiger partial charge on any atom is -0.494 e. The standard InChI is InChI=1S/C17H24N2O5/c1-2-23-14-5-3-12(4-6-14)9-13(16(18)20)10-19-17(21)15-11-22-7-8-24-15/h3-6,13,15H,2,7-11H2,1H3,(H2,18,20)(H,19,21)/t13-,15+/m1/s1. The summed E-state index contributed by atoms with van der Waals surface area (Å²) in [6, 6.07) is 7.48.